The Balaban J connectivity index is 1.72. The number of rotatable bonds is 11. The first-order valence-corrected chi connectivity index (χ1v) is 13.8. The molecule has 2 aromatic rings. The zero-order valence-electron chi connectivity index (χ0n) is 22.2. The predicted molar refractivity (Wildman–Crippen MR) is 148 cm³/mol. The second kappa shape index (κ2) is 12.7. The lowest BCUT2D eigenvalue weighted by Crippen LogP contribution is -2.56. The van der Waals surface area contributed by atoms with E-state index in [9.17, 15) is 14.7 Å². The van der Waals surface area contributed by atoms with E-state index in [0.717, 1.165) is 23.1 Å². The molecule has 0 spiro atoms. The molecule has 0 aromatic heterocycles. The van der Waals surface area contributed by atoms with E-state index in [2.05, 4.69) is 29.4 Å². The Labute approximate surface area is 220 Å². The van der Waals surface area contributed by atoms with Crippen molar-refractivity contribution in [3.8, 4) is 0 Å². The minimum atomic E-state index is -0.820. The smallest absolute Gasteiger partial charge is 0.239 e. The van der Waals surface area contributed by atoms with Crippen LogP contribution in [0.25, 0.3) is 0 Å². The number of nitrogens with zero attached hydrogens (tertiary/aromatic N) is 1. The topological polar surface area (TPSA) is 81.7 Å². The third kappa shape index (κ3) is 7.34. The molecular weight excluding hydrogens is 470 g/mol. The molecule has 196 valence electrons. The highest BCUT2D eigenvalue weighted by Gasteiger charge is 2.46. The molecule has 7 heteroatoms. The van der Waals surface area contributed by atoms with Crippen molar-refractivity contribution in [3.05, 3.63) is 71.3 Å². The number of nitrogens with one attached hydrogen (secondary N) is 2. The summed E-state index contributed by atoms with van der Waals surface area (Å²) >= 11 is 1.72. The normalized spacial score (nSPS) is 19.9. The van der Waals surface area contributed by atoms with Crippen LogP contribution in [0.4, 0.5) is 0 Å². The van der Waals surface area contributed by atoms with Crippen molar-refractivity contribution in [2.45, 2.75) is 76.9 Å². The summed E-state index contributed by atoms with van der Waals surface area (Å²) < 4.78 is -0.301. The minimum Gasteiger partial charge on any atom is -0.390 e. The van der Waals surface area contributed by atoms with Crippen LogP contribution >= 0.6 is 11.8 Å². The van der Waals surface area contributed by atoms with Gasteiger partial charge in [-0.2, -0.15) is 0 Å². The number of hydrogen-bond donors (Lipinski definition) is 3. The SMILES string of the molecule is CCC(C)C(=O)NC(Cc1ccccc1)C(O)CN1CSC(C)(C)C1C(=O)NCc1ccccc1C. The van der Waals surface area contributed by atoms with E-state index in [1.54, 1.807) is 11.8 Å². The molecule has 4 atom stereocenters. The number of carbonyl (C=O) groups excluding carboxylic acids is 2. The zero-order valence-corrected chi connectivity index (χ0v) is 23.0. The number of aliphatic hydroxyl groups excluding tert-OH is 1. The zero-order chi connectivity index (χ0) is 26.3. The van der Waals surface area contributed by atoms with Gasteiger partial charge in [-0.05, 0) is 50.3 Å². The van der Waals surface area contributed by atoms with Crippen LogP contribution in [0.3, 0.4) is 0 Å². The first-order chi connectivity index (χ1) is 17.1. The number of aryl methyl sites for hydroxylation is 1. The molecule has 1 aliphatic rings. The Morgan fingerprint density at radius 1 is 1.14 bits per heavy atom. The van der Waals surface area contributed by atoms with Gasteiger partial charge < -0.3 is 15.7 Å². The first-order valence-electron chi connectivity index (χ1n) is 12.8. The minimum absolute atomic E-state index is 0.0382. The maximum Gasteiger partial charge on any atom is 0.239 e. The molecule has 1 heterocycles. The van der Waals surface area contributed by atoms with Crippen molar-refractivity contribution in [1.82, 2.24) is 15.5 Å². The summed E-state index contributed by atoms with van der Waals surface area (Å²) in [5.74, 6) is 0.422. The lowest BCUT2D eigenvalue weighted by Gasteiger charge is -2.34. The van der Waals surface area contributed by atoms with Gasteiger partial charge in [0.15, 0.2) is 0 Å². The van der Waals surface area contributed by atoms with Gasteiger partial charge in [0, 0.05) is 29.6 Å². The van der Waals surface area contributed by atoms with Crippen LogP contribution in [0, 0.1) is 12.8 Å². The molecule has 1 aliphatic heterocycles. The Kier molecular flexibility index (Phi) is 10.00. The number of hydrogen-bond acceptors (Lipinski definition) is 5. The molecule has 36 heavy (non-hydrogen) atoms. The van der Waals surface area contributed by atoms with Crippen molar-refractivity contribution in [2.75, 3.05) is 12.4 Å². The number of amides is 2. The molecule has 3 N–H and O–H groups in total. The van der Waals surface area contributed by atoms with E-state index in [1.165, 1.54) is 0 Å². The van der Waals surface area contributed by atoms with Gasteiger partial charge in [0.1, 0.15) is 6.04 Å². The summed E-state index contributed by atoms with van der Waals surface area (Å²) in [6, 6.07) is 17.1. The lowest BCUT2D eigenvalue weighted by molar-refractivity contribution is -0.129. The van der Waals surface area contributed by atoms with E-state index in [0.29, 0.717) is 25.4 Å². The van der Waals surface area contributed by atoms with Gasteiger partial charge in [0.2, 0.25) is 11.8 Å². The number of carbonyl (C=O) groups is 2. The molecular formula is C29H41N3O3S. The van der Waals surface area contributed by atoms with E-state index < -0.39 is 12.1 Å². The summed E-state index contributed by atoms with van der Waals surface area (Å²) in [4.78, 5) is 28.2. The standard InChI is InChI=1S/C29H41N3O3S/c1-6-20(2)27(34)31-24(16-22-13-8-7-9-14-22)25(33)18-32-19-36-29(4,5)26(32)28(35)30-17-23-15-11-10-12-21(23)3/h7-15,20,24-26,33H,6,16-19H2,1-5H3,(H,30,35)(H,31,34). The summed E-state index contributed by atoms with van der Waals surface area (Å²) in [5.41, 5.74) is 3.29. The van der Waals surface area contributed by atoms with E-state index in [1.807, 2.05) is 75.4 Å². The third-order valence-corrected chi connectivity index (χ3v) is 8.59. The van der Waals surface area contributed by atoms with Crippen LogP contribution in [-0.4, -0.2) is 57.2 Å². The van der Waals surface area contributed by atoms with Crippen LogP contribution in [-0.2, 0) is 22.6 Å². The quantitative estimate of drug-likeness (QED) is 0.426. The molecule has 0 radical (unpaired) electrons. The maximum absolute atomic E-state index is 13.4. The van der Waals surface area contributed by atoms with E-state index in [-0.39, 0.29) is 28.5 Å². The van der Waals surface area contributed by atoms with E-state index in [4.69, 9.17) is 0 Å². The van der Waals surface area contributed by atoms with Crippen molar-refractivity contribution in [1.29, 1.82) is 0 Å². The molecule has 0 aliphatic carbocycles. The summed E-state index contributed by atoms with van der Waals surface area (Å²) in [6.45, 7) is 10.9. The Bertz CT molecular complexity index is 1010. The Morgan fingerprint density at radius 2 is 1.81 bits per heavy atom. The average Bonchev–Trinajstić information content (AvgIpc) is 3.16. The van der Waals surface area contributed by atoms with Crippen molar-refractivity contribution in [3.63, 3.8) is 0 Å². The highest BCUT2D eigenvalue weighted by atomic mass is 32.2. The highest BCUT2D eigenvalue weighted by Crippen LogP contribution is 2.39. The van der Waals surface area contributed by atoms with Crippen LogP contribution in [0.15, 0.2) is 54.6 Å². The molecule has 4 unspecified atom stereocenters. The largest absolute Gasteiger partial charge is 0.390 e. The first kappa shape index (κ1) is 28.2. The molecule has 0 bridgehead atoms. The van der Waals surface area contributed by atoms with Gasteiger partial charge in [-0.3, -0.25) is 14.5 Å². The molecule has 2 amide bonds. The van der Waals surface area contributed by atoms with Crippen LogP contribution in [0.2, 0.25) is 0 Å². The van der Waals surface area contributed by atoms with Gasteiger partial charge in [0.25, 0.3) is 0 Å². The van der Waals surface area contributed by atoms with Crippen molar-refractivity contribution >= 4 is 23.6 Å². The van der Waals surface area contributed by atoms with Crippen LogP contribution in [0.5, 0.6) is 0 Å². The summed E-state index contributed by atoms with van der Waals surface area (Å²) in [6.07, 6.45) is 0.443. The maximum atomic E-state index is 13.4. The number of thioether (sulfide) groups is 1. The second-order valence-corrected chi connectivity index (χ2v) is 12.0. The number of aliphatic hydroxyl groups is 1. The van der Waals surface area contributed by atoms with Gasteiger partial charge in [-0.15, -0.1) is 11.8 Å². The highest BCUT2D eigenvalue weighted by molar-refractivity contribution is 8.00. The van der Waals surface area contributed by atoms with Gasteiger partial charge in [0.05, 0.1) is 12.1 Å². The molecule has 6 nitrogen and oxygen atoms in total. The number of benzene rings is 2. The van der Waals surface area contributed by atoms with Gasteiger partial charge in [-0.1, -0.05) is 68.4 Å². The predicted octanol–water partition coefficient (Wildman–Crippen LogP) is 3.90. The Morgan fingerprint density at radius 3 is 2.47 bits per heavy atom. The molecule has 2 aromatic carbocycles. The molecule has 0 saturated carbocycles. The summed E-state index contributed by atoms with van der Waals surface area (Å²) in [7, 11) is 0. The average molecular weight is 512 g/mol. The van der Waals surface area contributed by atoms with Gasteiger partial charge in [-0.25, -0.2) is 0 Å². The van der Waals surface area contributed by atoms with Crippen molar-refractivity contribution in [2.24, 2.45) is 5.92 Å². The Hall–Kier alpha value is -2.35. The fraction of sp³-hybridized carbons (Fsp3) is 0.517. The van der Waals surface area contributed by atoms with Crippen molar-refractivity contribution < 1.29 is 14.7 Å². The van der Waals surface area contributed by atoms with Gasteiger partial charge >= 0.3 is 0 Å². The monoisotopic (exact) mass is 511 g/mol. The van der Waals surface area contributed by atoms with E-state index >= 15 is 0 Å². The second-order valence-electron chi connectivity index (χ2n) is 10.4. The number of β-amino-alcohol motifs (C(OH)–C–C–N with tert-alkyl or cyclic N) is 1. The lowest BCUT2D eigenvalue weighted by atomic mass is 9.97. The fourth-order valence-electron chi connectivity index (χ4n) is 4.60. The third-order valence-electron chi connectivity index (χ3n) is 7.16. The van der Waals surface area contributed by atoms with Crippen LogP contribution < -0.4 is 10.6 Å². The summed E-state index contributed by atoms with van der Waals surface area (Å²) in [5, 5.41) is 17.6. The fourth-order valence-corrected chi connectivity index (χ4v) is 5.77. The molecule has 3 rings (SSSR count). The molecule has 1 fully saturated rings. The van der Waals surface area contributed by atoms with Crippen LogP contribution in [0.1, 0.15) is 50.8 Å². The molecule has 1 saturated heterocycles.